The van der Waals surface area contributed by atoms with Crippen LogP contribution in [0.15, 0.2) is 42.9 Å². The van der Waals surface area contributed by atoms with Crippen LogP contribution >= 0.6 is 0 Å². The van der Waals surface area contributed by atoms with E-state index in [9.17, 15) is 4.79 Å². The van der Waals surface area contributed by atoms with Crippen molar-refractivity contribution in [3.63, 3.8) is 0 Å². The van der Waals surface area contributed by atoms with Crippen LogP contribution in [0.3, 0.4) is 0 Å². The third kappa shape index (κ3) is 5.16. The van der Waals surface area contributed by atoms with Gasteiger partial charge in [0.15, 0.2) is 0 Å². The van der Waals surface area contributed by atoms with E-state index in [2.05, 4.69) is 34.4 Å². The number of hydrogen-bond donors (Lipinski definition) is 2. The van der Waals surface area contributed by atoms with Gasteiger partial charge in [-0.15, -0.1) is 0 Å². The Morgan fingerprint density at radius 3 is 2.86 bits per heavy atom. The van der Waals surface area contributed by atoms with E-state index in [-0.39, 0.29) is 5.91 Å². The molecule has 0 fully saturated rings. The Kier molecular flexibility index (Phi) is 5.89. The van der Waals surface area contributed by atoms with Crippen LogP contribution in [0.4, 0.5) is 5.69 Å². The van der Waals surface area contributed by atoms with Gasteiger partial charge < -0.3 is 10.6 Å². The maximum absolute atomic E-state index is 12.0. The molecule has 0 bridgehead atoms. The molecule has 2 aromatic rings. The van der Waals surface area contributed by atoms with Crippen molar-refractivity contribution in [3.8, 4) is 0 Å². The van der Waals surface area contributed by atoms with Gasteiger partial charge in [-0.2, -0.15) is 0 Å². The summed E-state index contributed by atoms with van der Waals surface area (Å²) in [6.07, 6.45) is 6.16. The average molecular weight is 298 g/mol. The lowest BCUT2D eigenvalue weighted by molar-refractivity contribution is 0.0947. The SMILES string of the molecule is CC(C)CCNC(=O)c1cc(NCc2cccnc2)ccn1. The number of carbonyl (C=O) groups excluding carboxylic acids is 1. The van der Waals surface area contributed by atoms with Gasteiger partial charge in [-0.3, -0.25) is 14.8 Å². The highest BCUT2D eigenvalue weighted by atomic mass is 16.1. The molecule has 5 nitrogen and oxygen atoms in total. The molecule has 0 aromatic carbocycles. The quantitative estimate of drug-likeness (QED) is 0.825. The smallest absolute Gasteiger partial charge is 0.269 e. The third-order valence-electron chi connectivity index (χ3n) is 3.22. The Morgan fingerprint density at radius 1 is 1.27 bits per heavy atom. The lowest BCUT2D eigenvalue weighted by Gasteiger charge is -2.09. The molecule has 1 amide bonds. The van der Waals surface area contributed by atoms with Crippen LogP contribution in [-0.2, 0) is 6.54 Å². The van der Waals surface area contributed by atoms with Crippen LogP contribution in [-0.4, -0.2) is 22.4 Å². The van der Waals surface area contributed by atoms with Gasteiger partial charge in [0.2, 0.25) is 0 Å². The lowest BCUT2D eigenvalue weighted by atomic mass is 10.1. The first-order valence-corrected chi connectivity index (χ1v) is 7.52. The number of aromatic nitrogens is 2. The fraction of sp³-hybridized carbons (Fsp3) is 0.353. The van der Waals surface area contributed by atoms with E-state index < -0.39 is 0 Å². The number of rotatable bonds is 7. The first kappa shape index (κ1) is 15.9. The Hall–Kier alpha value is -2.43. The van der Waals surface area contributed by atoms with Crippen molar-refractivity contribution in [3.05, 3.63) is 54.1 Å². The van der Waals surface area contributed by atoms with Gasteiger partial charge >= 0.3 is 0 Å². The van der Waals surface area contributed by atoms with Crippen molar-refractivity contribution < 1.29 is 4.79 Å². The van der Waals surface area contributed by atoms with Crippen molar-refractivity contribution in [1.29, 1.82) is 0 Å². The van der Waals surface area contributed by atoms with Gasteiger partial charge in [0.25, 0.3) is 5.91 Å². The van der Waals surface area contributed by atoms with Gasteiger partial charge in [0.05, 0.1) is 0 Å². The molecule has 2 heterocycles. The van der Waals surface area contributed by atoms with Crippen molar-refractivity contribution in [1.82, 2.24) is 15.3 Å². The van der Waals surface area contributed by atoms with E-state index in [1.807, 2.05) is 24.4 Å². The Bertz CT molecular complexity index is 599. The minimum Gasteiger partial charge on any atom is -0.381 e. The minimum atomic E-state index is -0.134. The molecular formula is C17H22N4O. The van der Waals surface area contributed by atoms with E-state index in [4.69, 9.17) is 0 Å². The molecule has 0 saturated heterocycles. The summed E-state index contributed by atoms with van der Waals surface area (Å²) in [5.41, 5.74) is 2.38. The maximum atomic E-state index is 12.0. The highest BCUT2D eigenvalue weighted by Gasteiger charge is 2.07. The van der Waals surface area contributed by atoms with Gasteiger partial charge in [0.1, 0.15) is 5.69 Å². The molecule has 2 aromatic heterocycles. The Labute approximate surface area is 131 Å². The number of pyridine rings is 2. The van der Waals surface area contributed by atoms with E-state index in [0.29, 0.717) is 24.7 Å². The zero-order chi connectivity index (χ0) is 15.8. The number of anilines is 1. The van der Waals surface area contributed by atoms with Gasteiger partial charge in [-0.1, -0.05) is 19.9 Å². The molecule has 0 unspecified atom stereocenters. The fourth-order valence-electron chi connectivity index (χ4n) is 1.94. The monoisotopic (exact) mass is 298 g/mol. The third-order valence-corrected chi connectivity index (χ3v) is 3.22. The summed E-state index contributed by atoms with van der Waals surface area (Å²) in [5, 5.41) is 6.16. The summed E-state index contributed by atoms with van der Waals surface area (Å²) < 4.78 is 0. The Balaban J connectivity index is 1.90. The molecule has 0 saturated carbocycles. The molecule has 0 radical (unpaired) electrons. The maximum Gasteiger partial charge on any atom is 0.269 e. The van der Waals surface area contributed by atoms with Gasteiger partial charge in [-0.25, -0.2) is 0 Å². The van der Waals surface area contributed by atoms with Crippen molar-refractivity contribution in [2.45, 2.75) is 26.8 Å². The van der Waals surface area contributed by atoms with Crippen molar-refractivity contribution in [2.24, 2.45) is 5.92 Å². The van der Waals surface area contributed by atoms with Crippen LogP contribution in [0.5, 0.6) is 0 Å². The second-order valence-electron chi connectivity index (χ2n) is 5.58. The van der Waals surface area contributed by atoms with Crippen LogP contribution in [0.1, 0.15) is 36.3 Å². The number of hydrogen-bond acceptors (Lipinski definition) is 4. The molecule has 0 aliphatic carbocycles. The average Bonchev–Trinajstić information content (AvgIpc) is 2.54. The molecule has 22 heavy (non-hydrogen) atoms. The summed E-state index contributed by atoms with van der Waals surface area (Å²) in [6.45, 7) is 5.60. The second kappa shape index (κ2) is 8.12. The van der Waals surface area contributed by atoms with E-state index >= 15 is 0 Å². The number of nitrogens with one attached hydrogen (secondary N) is 2. The summed E-state index contributed by atoms with van der Waals surface area (Å²) in [5.74, 6) is 0.436. The molecule has 2 rings (SSSR count). The van der Waals surface area contributed by atoms with Gasteiger partial charge in [-0.05, 0) is 36.1 Å². The highest BCUT2D eigenvalue weighted by Crippen LogP contribution is 2.10. The van der Waals surface area contributed by atoms with Crippen molar-refractivity contribution >= 4 is 11.6 Å². The predicted molar refractivity (Wildman–Crippen MR) is 87.6 cm³/mol. The van der Waals surface area contributed by atoms with Gasteiger partial charge in [0, 0.05) is 37.4 Å². The summed E-state index contributed by atoms with van der Waals surface area (Å²) >= 11 is 0. The van der Waals surface area contributed by atoms with Crippen LogP contribution in [0, 0.1) is 5.92 Å². The summed E-state index contributed by atoms with van der Waals surface area (Å²) in [7, 11) is 0. The molecular weight excluding hydrogens is 276 g/mol. The van der Waals surface area contributed by atoms with E-state index in [1.54, 1.807) is 18.5 Å². The normalized spacial score (nSPS) is 10.5. The molecule has 0 atom stereocenters. The number of carbonyl (C=O) groups is 1. The number of nitrogens with zero attached hydrogens (tertiary/aromatic N) is 2. The molecule has 0 aliphatic rings. The van der Waals surface area contributed by atoms with Crippen LogP contribution in [0.25, 0.3) is 0 Å². The standard InChI is InChI=1S/C17H22N4O/c1-13(2)5-8-20-17(22)16-10-15(6-9-19-16)21-12-14-4-3-7-18-11-14/h3-4,6-7,9-11,13H,5,8,12H2,1-2H3,(H,19,21)(H,20,22). The molecule has 0 spiro atoms. The van der Waals surface area contributed by atoms with E-state index in [0.717, 1.165) is 17.7 Å². The summed E-state index contributed by atoms with van der Waals surface area (Å²) in [4.78, 5) is 20.2. The predicted octanol–water partition coefficient (Wildman–Crippen LogP) is 2.86. The fourth-order valence-corrected chi connectivity index (χ4v) is 1.94. The second-order valence-corrected chi connectivity index (χ2v) is 5.58. The molecule has 0 aliphatic heterocycles. The number of amides is 1. The Morgan fingerprint density at radius 2 is 2.14 bits per heavy atom. The van der Waals surface area contributed by atoms with E-state index in [1.165, 1.54) is 0 Å². The highest BCUT2D eigenvalue weighted by molar-refractivity contribution is 5.93. The first-order chi connectivity index (χ1) is 10.6. The zero-order valence-electron chi connectivity index (χ0n) is 13.0. The minimum absolute atomic E-state index is 0.134. The van der Waals surface area contributed by atoms with Crippen LogP contribution < -0.4 is 10.6 Å². The summed E-state index contributed by atoms with van der Waals surface area (Å²) in [6, 6.07) is 7.51. The lowest BCUT2D eigenvalue weighted by Crippen LogP contribution is -2.26. The molecule has 2 N–H and O–H groups in total. The first-order valence-electron chi connectivity index (χ1n) is 7.52. The largest absolute Gasteiger partial charge is 0.381 e. The topological polar surface area (TPSA) is 66.9 Å². The van der Waals surface area contributed by atoms with Crippen molar-refractivity contribution in [2.75, 3.05) is 11.9 Å². The molecule has 116 valence electrons. The zero-order valence-corrected chi connectivity index (χ0v) is 13.0. The molecule has 5 heteroatoms. The van der Waals surface area contributed by atoms with Crippen LogP contribution in [0.2, 0.25) is 0 Å².